The molecule has 0 bridgehead atoms. The molecular weight excluding hydrogens is 368 g/mol. The Morgan fingerprint density at radius 3 is 2.92 bits per heavy atom. The lowest BCUT2D eigenvalue weighted by Gasteiger charge is -2.17. The highest BCUT2D eigenvalue weighted by molar-refractivity contribution is 9.10. The number of hydrogen-bond donors (Lipinski definition) is 1. The van der Waals surface area contributed by atoms with Crippen molar-refractivity contribution in [3.05, 3.63) is 56.9 Å². The van der Waals surface area contributed by atoms with E-state index in [0.717, 1.165) is 38.3 Å². The molecule has 2 heterocycles. The molecule has 0 amide bonds. The molecule has 0 spiro atoms. The van der Waals surface area contributed by atoms with Gasteiger partial charge in [0.1, 0.15) is 4.47 Å². The maximum Gasteiger partial charge on any atom is 0.282 e. The Hall–Kier alpha value is -1.66. The van der Waals surface area contributed by atoms with Crippen molar-refractivity contribution in [2.45, 2.75) is 12.8 Å². The van der Waals surface area contributed by atoms with Crippen molar-refractivity contribution in [1.29, 1.82) is 0 Å². The number of halogens is 1. The molecule has 1 N–H and O–H groups in total. The van der Waals surface area contributed by atoms with Gasteiger partial charge in [0.05, 0.1) is 11.9 Å². The second kappa shape index (κ2) is 7.94. The number of benzene rings is 1. The van der Waals surface area contributed by atoms with Crippen LogP contribution in [0.2, 0.25) is 0 Å². The number of hydrogen-bond acceptors (Lipinski definition) is 4. The standard InChI is InChI=1S/C18H23BrN4O/c1-22-18(24)17(19)16(12-21-22)20-11-15-8-10-23(13-15)9-7-14-5-3-2-4-6-14/h2-6,12,15,20H,7-11,13H2,1H3. The molecule has 1 unspecified atom stereocenters. The van der Waals surface area contributed by atoms with Crippen molar-refractivity contribution in [3.8, 4) is 0 Å². The van der Waals surface area contributed by atoms with Crippen molar-refractivity contribution in [3.63, 3.8) is 0 Å². The lowest BCUT2D eigenvalue weighted by atomic mass is 10.1. The summed E-state index contributed by atoms with van der Waals surface area (Å²) in [7, 11) is 1.65. The van der Waals surface area contributed by atoms with Crippen LogP contribution in [0.15, 0.2) is 45.8 Å². The second-order valence-corrected chi connectivity index (χ2v) is 7.17. The molecule has 0 aliphatic carbocycles. The minimum Gasteiger partial charge on any atom is -0.382 e. The highest BCUT2D eigenvalue weighted by atomic mass is 79.9. The zero-order chi connectivity index (χ0) is 16.9. The lowest BCUT2D eigenvalue weighted by Crippen LogP contribution is -2.26. The quantitative estimate of drug-likeness (QED) is 0.822. The van der Waals surface area contributed by atoms with E-state index in [0.29, 0.717) is 10.4 Å². The normalized spacial score (nSPS) is 18.0. The van der Waals surface area contributed by atoms with Crippen LogP contribution < -0.4 is 10.9 Å². The first-order valence-corrected chi connectivity index (χ1v) is 9.15. The van der Waals surface area contributed by atoms with Gasteiger partial charge in [0.2, 0.25) is 0 Å². The van der Waals surface area contributed by atoms with E-state index in [4.69, 9.17) is 0 Å². The van der Waals surface area contributed by atoms with Gasteiger partial charge in [0, 0.05) is 26.7 Å². The van der Waals surface area contributed by atoms with Crippen molar-refractivity contribution < 1.29 is 0 Å². The SMILES string of the molecule is Cn1ncc(NCC2CCN(CCc3ccccc3)C2)c(Br)c1=O. The van der Waals surface area contributed by atoms with Gasteiger partial charge < -0.3 is 10.2 Å². The zero-order valence-electron chi connectivity index (χ0n) is 13.9. The molecule has 2 aromatic rings. The van der Waals surface area contributed by atoms with Gasteiger partial charge in [-0.2, -0.15) is 5.10 Å². The van der Waals surface area contributed by atoms with Crippen LogP contribution in [-0.2, 0) is 13.5 Å². The summed E-state index contributed by atoms with van der Waals surface area (Å²) < 4.78 is 1.88. The first kappa shape index (κ1) is 17.2. The first-order chi connectivity index (χ1) is 11.6. The molecule has 1 aliphatic heterocycles. The summed E-state index contributed by atoms with van der Waals surface area (Å²) in [4.78, 5) is 14.4. The van der Waals surface area contributed by atoms with Crippen LogP contribution in [-0.4, -0.2) is 40.9 Å². The van der Waals surface area contributed by atoms with Crippen LogP contribution in [0.4, 0.5) is 5.69 Å². The number of anilines is 1. The fourth-order valence-electron chi connectivity index (χ4n) is 3.10. The molecule has 0 saturated carbocycles. The molecular formula is C18H23BrN4O. The Morgan fingerprint density at radius 1 is 1.33 bits per heavy atom. The predicted molar refractivity (Wildman–Crippen MR) is 100 cm³/mol. The van der Waals surface area contributed by atoms with Crippen molar-refractivity contribution in [1.82, 2.24) is 14.7 Å². The number of aryl methyl sites for hydroxylation is 1. The summed E-state index contributed by atoms with van der Waals surface area (Å²) in [5.74, 6) is 0.608. The molecule has 1 fully saturated rings. The third-order valence-corrected chi connectivity index (χ3v) is 5.36. The van der Waals surface area contributed by atoms with Crippen LogP contribution >= 0.6 is 15.9 Å². The Kier molecular flexibility index (Phi) is 5.68. The van der Waals surface area contributed by atoms with Crippen molar-refractivity contribution >= 4 is 21.6 Å². The number of likely N-dealkylation sites (tertiary alicyclic amines) is 1. The summed E-state index contributed by atoms with van der Waals surface area (Å²) in [5, 5.41) is 7.43. The van der Waals surface area contributed by atoms with Crippen molar-refractivity contribution in [2.24, 2.45) is 13.0 Å². The Balaban J connectivity index is 1.46. The van der Waals surface area contributed by atoms with Gasteiger partial charge in [-0.1, -0.05) is 30.3 Å². The molecule has 0 radical (unpaired) electrons. The number of aromatic nitrogens is 2. The smallest absolute Gasteiger partial charge is 0.282 e. The highest BCUT2D eigenvalue weighted by Gasteiger charge is 2.22. The molecule has 6 heteroatoms. The van der Waals surface area contributed by atoms with E-state index in [2.05, 4.69) is 61.6 Å². The molecule has 24 heavy (non-hydrogen) atoms. The topological polar surface area (TPSA) is 50.2 Å². The van der Waals surface area contributed by atoms with Crippen LogP contribution in [0.25, 0.3) is 0 Å². The van der Waals surface area contributed by atoms with E-state index in [1.807, 2.05) is 0 Å². The molecule has 128 valence electrons. The average Bonchev–Trinajstić information content (AvgIpc) is 3.06. The van der Waals surface area contributed by atoms with Gasteiger partial charge in [0.15, 0.2) is 0 Å². The predicted octanol–water partition coefficient (Wildman–Crippen LogP) is 2.52. The summed E-state index contributed by atoms with van der Waals surface area (Å²) in [6.07, 6.45) is 4.00. The largest absolute Gasteiger partial charge is 0.382 e. The van der Waals surface area contributed by atoms with Gasteiger partial charge in [-0.15, -0.1) is 0 Å². The Bertz CT molecular complexity index is 732. The third kappa shape index (κ3) is 4.24. The molecule has 1 aromatic heterocycles. The Morgan fingerprint density at radius 2 is 2.12 bits per heavy atom. The minimum absolute atomic E-state index is 0.115. The number of rotatable bonds is 6. The lowest BCUT2D eigenvalue weighted by molar-refractivity contribution is 0.330. The average molecular weight is 391 g/mol. The highest BCUT2D eigenvalue weighted by Crippen LogP contribution is 2.20. The van der Waals surface area contributed by atoms with Crippen LogP contribution in [0.1, 0.15) is 12.0 Å². The summed E-state index contributed by atoms with van der Waals surface area (Å²) in [5.41, 5.74) is 2.06. The first-order valence-electron chi connectivity index (χ1n) is 8.35. The van der Waals surface area contributed by atoms with E-state index < -0.39 is 0 Å². The Labute approximate surface area is 150 Å². The molecule has 1 atom stereocenters. The van der Waals surface area contributed by atoms with E-state index in [-0.39, 0.29) is 5.56 Å². The van der Waals surface area contributed by atoms with E-state index >= 15 is 0 Å². The number of nitrogens with zero attached hydrogens (tertiary/aromatic N) is 3. The van der Waals surface area contributed by atoms with Gasteiger partial charge >= 0.3 is 0 Å². The van der Waals surface area contributed by atoms with E-state index in [1.165, 1.54) is 16.7 Å². The second-order valence-electron chi connectivity index (χ2n) is 6.37. The molecule has 5 nitrogen and oxygen atoms in total. The number of nitrogens with one attached hydrogen (secondary N) is 1. The summed E-state index contributed by atoms with van der Waals surface area (Å²) in [6, 6.07) is 10.6. The third-order valence-electron chi connectivity index (χ3n) is 4.59. The van der Waals surface area contributed by atoms with Crippen LogP contribution in [0.3, 0.4) is 0 Å². The van der Waals surface area contributed by atoms with Crippen LogP contribution in [0.5, 0.6) is 0 Å². The molecule has 1 aliphatic rings. The van der Waals surface area contributed by atoms with E-state index in [1.54, 1.807) is 13.2 Å². The van der Waals surface area contributed by atoms with E-state index in [9.17, 15) is 4.79 Å². The van der Waals surface area contributed by atoms with Gasteiger partial charge in [-0.25, -0.2) is 4.68 Å². The minimum atomic E-state index is -0.115. The van der Waals surface area contributed by atoms with Crippen LogP contribution in [0, 0.1) is 5.92 Å². The zero-order valence-corrected chi connectivity index (χ0v) is 15.5. The fourth-order valence-corrected chi connectivity index (χ4v) is 3.60. The maximum atomic E-state index is 11.9. The maximum absolute atomic E-state index is 11.9. The molecule has 3 rings (SSSR count). The summed E-state index contributed by atoms with van der Waals surface area (Å²) >= 11 is 3.36. The monoisotopic (exact) mass is 390 g/mol. The van der Waals surface area contributed by atoms with Gasteiger partial charge in [-0.05, 0) is 46.8 Å². The van der Waals surface area contributed by atoms with Gasteiger partial charge in [-0.3, -0.25) is 4.79 Å². The van der Waals surface area contributed by atoms with Gasteiger partial charge in [0.25, 0.3) is 5.56 Å². The summed E-state index contributed by atoms with van der Waals surface area (Å²) in [6.45, 7) is 4.23. The fraction of sp³-hybridized carbons (Fsp3) is 0.444. The molecule has 1 aromatic carbocycles. The van der Waals surface area contributed by atoms with Crippen molar-refractivity contribution in [2.75, 3.05) is 31.5 Å². The molecule has 1 saturated heterocycles.